The molecule has 3 amide bonds. The normalized spacial score (nSPS) is 22.4. The number of carbonyl (C=O) groups is 2. The fraction of sp³-hybridized carbons (Fsp3) is 0.571. The van der Waals surface area contributed by atoms with Crippen molar-refractivity contribution >= 4 is 34.3 Å². The Balaban J connectivity index is 1.38. The molecule has 3 aliphatic heterocycles. The number of rotatable bonds is 2. The second-order valence-corrected chi connectivity index (χ2v) is 8.64. The Morgan fingerprint density at radius 1 is 1.03 bits per heavy atom. The number of carbonyl (C=O) groups excluding carboxylic acids is 2. The second kappa shape index (κ2) is 7.02. The number of piperidine rings is 2. The first-order valence-corrected chi connectivity index (χ1v) is 10.6. The molecule has 8 nitrogen and oxygen atoms in total. The number of hydrogen-bond acceptors (Lipinski definition) is 5. The number of imide groups is 1. The minimum Gasteiger partial charge on any atom is -0.371 e. The number of fused-ring (bicyclic) bond motifs is 1. The van der Waals surface area contributed by atoms with Crippen LogP contribution in [0, 0.1) is 5.41 Å². The first kappa shape index (κ1) is 18.4. The van der Waals surface area contributed by atoms with Crippen molar-refractivity contribution in [3.05, 3.63) is 18.2 Å². The van der Waals surface area contributed by atoms with Crippen LogP contribution in [0.5, 0.6) is 0 Å². The number of benzene rings is 1. The molecule has 1 spiro atoms. The number of nitrogens with zero attached hydrogens (tertiary/aromatic N) is 4. The standard InChI is InChI=1S/C21H28N6O2/c1-25-17-14-15(26-12-7-21(8-13-26)5-9-22-10-6-21)2-3-16(17)19(24-25)27-11-4-18(28)23-20(27)29/h2-3,14,22H,4-13H2,1H3,(H,23,28,29). The van der Waals surface area contributed by atoms with Gasteiger partial charge in [0, 0.05) is 44.2 Å². The summed E-state index contributed by atoms with van der Waals surface area (Å²) in [5.74, 6) is 0.386. The molecule has 0 saturated carbocycles. The lowest BCUT2D eigenvalue weighted by Gasteiger charge is -2.45. The van der Waals surface area contributed by atoms with Crippen molar-refractivity contribution in [3.8, 4) is 0 Å². The number of aryl methyl sites for hydroxylation is 1. The monoisotopic (exact) mass is 396 g/mol. The second-order valence-electron chi connectivity index (χ2n) is 8.64. The highest BCUT2D eigenvalue weighted by Gasteiger charge is 2.35. The van der Waals surface area contributed by atoms with Crippen molar-refractivity contribution in [1.29, 1.82) is 0 Å². The first-order chi connectivity index (χ1) is 14.0. The average Bonchev–Trinajstić information content (AvgIpc) is 3.05. The molecular weight excluding hydrogens is 368 g/mol. The van der Waals surface area contributed by atoms with E-state index >= 15 is 0 Å². The van der Waals surface area contributed by atoms with Gasteiger partial charge in [-0.25, -0.2) is 4.79 Å². The fourth-order valence-electron chi connectivity index (χ4n) is 5.09. The number of hydrogen-bond donors (Lipinski definition) is 2. The maximum absolute atomic E-state index is 12.3. The predicted octanol–water partition coefficient (Wildman–Crippen LogP) is 1.99. The molecule has 154 valence electrons. The minimum atomic E-state index is -0.395. The summed E-state index contributed by atoms with van der Waals surface area (Å²) in [5, 5.41) is 11.4. The first-order valence-electron chi connectivity index (χ1n) is 10.6. The summed E-state index contributed by atoms with van der Waals surface area (Å²) in [6.45, 7) is 4.85. The topological polar surface area (TPSA) is 82.5 Å². The third-order valence-electron chi connectivity index (χ3n) is 6.98. The molecule has 3 fully saturated rings. The van der Waals surface area contributed by atoms with Gasteiger partial charge in [0.05, 0.1) is 5.52 Å². The predicted molar refractivity (Wildman–Crippen MR) is 112 cm³/mol. The Kier molecular flexibility index (Phi) is 4.46. The van der Waals surface area contributed by atoms with E-state index in [1.54, 1.807) is 4.90 Å². The molecule has 0 radical (unpaired) electrons. The molecule has 1 aromatic heterocycles. The van der Waals surface area contributed by atoms with Crippen LogP contribution in [0.15, 0.2) is 18.2 Å². The van der Waals surface area contributed by atoms with Crippen LogP contribution in [-0.2, 0) is 11.8 Å². The Hall–Kier alpha value is -2.61. The zero-order valence-corrected chi connectivity index (χ0v) is 16.9. The molecule has 0 aliphatic carbocycles. The third kappa shape index (κ3) is 3.25. The average molecular weight is 396 g/mol. The van der Waals surface area contributed by atoms with Gasteiger partial charge in [-0.05, 0) is 62.4 Å². The lowest BCUT2D eigenvalue weighted by Crippen LogP contribution is -2.49. The van der Waals surface area contributed by atoms with Crippen LogP contribution in [0.1, 0.15) is 32.1 Å². The van der Waals surface area contributed by atoms with Crippen LogP contribution in [0.2, 0.25) is 0 Å². The third-order valence-corrected chi connectivity index (χ3v) is 6.98. The van der Waals surface area contributed by atoms with Gasteiger partial charge < -0.3 is 10.2 Å². The molecule has 2 N–H and O–H groups in total. The van der Waals surface area contributed by atoms with Crippen molar-refractivity contribution in [2.75, 3.05) is 42.5 Å². The molecule has 2 aromatic rings. The van der Waals surface area contributed by atoms with Crippen LogP contribution in [-0.4, -0.2) is 54.4 Å². The van der Waals surface area contributed by atoms with Crippen LogP contribution >= 0.6 is 0 Å². The van der Waals surface area contributed by atoms with Gasteiger partial charge in [0.25, 0.3) is 0 Å². The van der Waals surface area contributed by atoms with Crippen molar-refractivity contribution in [1.82, 2.24) is 20.4 Å². The molecule has 8 heteroatoms. The largest absolute Gasteiger partial charge is 0.371 e. The smallest absolute Gasteiger partial charge is 0.329 e. The summed E-state index contributed by atoms with van der Waals surface area (Å²) in [5.41, 5.74) is 2.75. The summed E-state index contributed by atoms with van der Waals surface area (Å²) in [4.78, 5) is 27.7. The van der Waals surface area contributed by atoms with E-state index in [4.69, 9.17) is 0 Å². The SMILES string of the molecule is Cn1nc(N2CCC(=O)NC2=O)c2ccc(N3CCC4(CCNCC4)CC3)cc21. The lowest BCUT2D eigenvalue weighted by molar-refractivity contribution is -0.120. The molecule has 3 aliphatic rings. The Morgan fingerprint density at radius 2 is 1.79 bits per heavy atom. The molecule has 29 heavy (non-hydrogen) atoms. The van der Waals surface area contributed by atoms with Gasteiger partial charge in [0.1, 0.15) is 0 Å². The molecule has 0 unspecified atom stereocenters. The number of nitrogens with one attached hydrogen (secondary N) is 2. The summed E-state index contributed by atoms with van der Waals surface area (Å²) in [7, 11) is 1.91. The number of anilines is 2. The molecule has 5 rings (SSSR count). The van der Waals surface area contributed by atoms with Crippen molar-refractivity contribution < 1.29 is 9.59 Å². The molecular formula is C21H28N6O2. The van der Waals surface area contributed by atoms with Crippen LogP contribution in [0.25, 0.3) is 10.9 Å². The summed E-state index contributed by atoms with van der Waals surface area (Å²) in [6.07, 6.45) is 5.40. The van der Waals surface area contributed by atoms with E-state index in [1.807, 2.05) is 11.7 Å². The van der Waals surface area contributed by atoms with E-state index in [1.165, 1.54) is 31.4 Å². The maximum Gasteiger partial charge on any atom is 0.329 e. The van der Waals surface area contributed by atoms with Gasteiger partial charge in [-0.2, -0.15) is 5.10 Å². The van der Waals surface area contributed by atoms with E-state index in [2.05, 4.69) is 38.8 Å². The van der Waals surface area contributed by atoms with Crippen LogP contribution in [0.4, 0.5) is 16.3 Å². The van der Waals surface area contributed by atoms with Gasteiger partial charge >= 0.3 is 6.03 Å². The zero-order valence-electron chi connectivity index (χ0n) is 16.9. The summed E-state index contributed by atoms with van der Waals surface area (Å²) in [6, 6.07) is 5.99. The molecule has 0 bridgehead atoms. The van der Waals surface area contributed by atoms with E-state index in [0.717, 1.165) is 37.1 Å². The summed E-state index contributed by atoms with van der Waals surface area (Å²) < 4.78 is 1.83. The van der Waals surface area contributed by atoms with Crippen LogP contribution in [0.3, 0.4) is 0 Å². The molecule has 4 heterocycles. The summed E-state index contributed by atoms with van der Waals surface area (Å²) >= 11 is 0. The highest BCUT2D eigenvalue weighted by atomic mass is 16.2. The number of amides is 3. The fourth-order valence-corrected chi connectivity index (χ4v) is 5.09. The zero-order chi connectivity index (χ0) is 20.0. The molecule has 3 saturated heterocycles. The van der Waals surface area contributed by atoms with Gasteiger partial charge in [-0.1, -0.05) is 0 Å². The van der Waals surface area contributed by atoms with Gasteiger partial charge in [0.15, 0.2) is 5.82 Å². The van der Waals surface area contributed by atoms with Gasteiger partial charge in [0.2, 0.25) is 5.91 Å². The Bertz CT molecular complexity index is 951. The van der Waals surface area contributed by atoms with Crippen molar-refractivity contribution in [2.24, 2.45) is 12.5 Å². The number of aromatic nitrogens is 2. The maximum atomic E-state index is 12.3. The van der Waals surface area contributed by atoms with Crippen molar-refractivity contribution in [3.63, 3.8) is 0 Å². The Labute approximate surface area is 170 Å². The quantitative estimate of drug-likeness (QED) is 0.811. The van der Waals surface area contributed by atoms with E-state index in [-0.39, 0.29) is 5.91 Å². The van der Waals surface area contributed by atoms with Gasteiger partial charge in [-0.15, -0.1) is 0 Å². The highest BCUT2D eigenvalue weighted by molar-refractivity contribution is 6.09. The number of urea groups is 1. The minimum absolute atomic E-state index is 0.231. The van der Waals surface area contributed by atoms with Gasteiger partial charge in [-0.3, -0.25) is 19.7 Å². The lowest BCUT2D eigenvalue weighted by atomic mass is 9.71. The molecule has 1 aromatic carbocycles. The highest BCUT2D eigenvalue weighted by Crippen LogP contribution is 2.41. The molecule has 0 atom stereocenters. The van der Waals surface area contributed by atoms with E-state index in [9.17, 15) is 9.59 Å². The van der Waals surface area contributed by atoms with Crippen molar-refractivity contribution in [2.45, 2.75) is 32.1 Å². The Morgan fingerprint density at radius 3 is 2.52 bits per heavy atom. The van der Waals surface area contributed by atoms with E-state index in [0.29, 0.717) is 24.2 Å². The van der Waals surface area contributed by atoms with E-state index < -0.39 is 6.03 Å². The van der Waals surface area contributed by atoms with Crippen LogP contribution < -0.4 is 20.4 Å².